The lowest BCUT2D eigenvalue weighted by Crippen LogP contribution is -2.25. The van der Waals surface area contributed by atoms with Gasteiger partial charge in [-0.3, -0.25) is 0 Å². The first-order valence-electron chi connectivity index (χ1n) is 14.6. The lowest BCUT2D eigenvalue weighted by molar-refractivity contribution is 0.637. The molecule has 5 rings (SSSR count). The van der Waals surface area contributed by atoms with Crippen molar-refractivity contribution in [3.05, 3.63) is 99.0 Å². The monoisotopic (exact) mass is 594 g/mol. The quantitative estimate of drug-likeness (QED) is 0.252. The van der Waals surface area contributed by atoms with Crippen LogP contribution >= 0.6 is 15.9 Å². The summed E-state index contributed by atoms with van der Waals surface area (Å²) in [7, 11) is 0. The predicted octanol–water partition coefficient (Wildman–Crippen LogP) is 10.9. The van der Waals surface area contributed by atoms with Crippen molar-refractivity contribution in [2.75, 3.05) is 11.4 Å². The van der Waals surface area contributed by atoms with Gasteiger partial charge in [0.15, 0.2) is 0 Å². The Labute approximate surface area is 241 Å². The van der Waals surface area contributed by atoms with Crippen LogP contribution in [0.4, 0.5) is 14.5 Å². The van der Waals surface area contributed by atoms with Crippen molar-refractivity contribution in [1.29, 1.82) is 0 Å². The normalized spacial score (nSPS) is 20.5. The summed E-state index contributed by atoms with van der Waals surface area (Å²) in [6.45, 7) is 6.46. The van der Waals surface area contributed by atoms with Crippen LogP contribution in [0.3, 0.4) is 0 Å². The lowest BCUT2D eigenvalue weighted by atomic mass is 9.92. The van der Waals surface area contributed by atoms with Gasteiger partial charge in [-0.25, -0.2) is 8.78 Å². The average molecular weight is 596 g/mol. The summed E-state index contributed by atoms with van der Waals surface area (Å²) < 4.78 is 32.1. The summed E-state index contributed by atoms with van der Waals surface area (Å²) in [6, 6.07) is 6.54. The number of hydrogen-bond acceptors (Lipinski definition) is 1. The molecule has 2 nitrogen and oxygen atoms in total. The van der Waals surface area contributed by atoms with Gasteiger partial charge in [0.1, 0.15) is 11.7 Å². The first-order chi connectivity index (χ1) is 19.0. The predicted molar refractivity (Wildman–Crippen MR) is 166 cm³/mol. The Balaban J connectivity index is 0.00000172. The first kappa shape index (κ1) is 29.3. The summed E-state index contributed by atoms with van der Waals surface area (Å²) in [6.07, 6.45) is 22.7. The van der Waals surface area contributed by atoms with E-state index < -0.39 is 0 Å². The van der Waals surface area contributed by atoms with E-state index in [1.807, 2.05) is 26.8 Å². The number of nitrogens with zero attached hydrogens (tertiary/aromatic N) is 2. The van der Waals surface area contributed by atoms with Gasteiger partial charge < -0.3 is 9.47 Å². The van der Waals surface area contributed by atoms with E-state index in [2.05, 4.69) is 49.8 Å². The number of fused-ring (bicyclic) bond motifs is 1. The second-order valence-corrected chi connectivity index (χ2v) is 11.1. The van der Waals surface area contributed by atoms with E-state index >= 15 is 0 Å². The van der Waals surface area contributed by atoms with Crippen LogP contribution in [-0.4, -0.2) is 11.1 Å². The fourth-order valence-electron chi connectivity index (χ4n) is 5.93. The van der Waals surface area contributed by atoms with Crippen molar-refractivity contribution in [2.45, 2.75) is 85.0 Å². The molecule has 5 heteroatoms. The fourth-order valence-corrected chi connectivity index (χ4v) is 6.40. The number of benzene rings is 1. The van der Waals surface area contributed by atoms with Crippen molar-refractivity contribution in [2.24, 2.45) is 0 Å². The third kappa shape index (κ3) is 7.11. The van der Waals surface area contributed by atoms with Crippen LogP contribution in [0.2, 0.25) is 0 Å². The van der Waals surface area contributed by atoms with E-state index in [4.69, 9.17) is 0 Å². The second kappa shape index (κ2) is 14.1. The number of hydrogen-bond donors (Lipinski definition) is 0. The summed E-state index contributed by atoms with van der Waals surface area (Å²) in [5, 5.41) is 0. The molecule has 0 radical (unpaired) electrons. The fraction of sp³-hybridized carbons (Fsp3) is 0.412. The van der Waals surface area contributed by atoms with Gasteiger partial charge in [-0.15, -0.1) is 0 Å². The minimum absolute atomic E-state index is 0.157. The van der Waals surface area contributed by atoms with Crippen LogP contribution in [0, 0.1) is 0 Å². The van der Waals surface area contributed by atoms with Gasteiger partial charge in [0.25, 0.3) is 0 Å². The minimum atomic E-state index is -0.220. The van der Waals surface area contributed by atoms with E-state index in [0.29, 0.717) is 13.0 Å². The first-order valence-corrected chi connectivity index (χ1v) is 15.4. The molecule has 3 aliphatic rings. The Morgan fingerprint density at radius 1 is 0.949 bits per heavy atom. The molecule has 1 aliphatic heterocycles. The third-order valence-corrected chi connectivity index (χ3v) is 8.11. The molecule has 0 spiro atoms. The molecule has 0 amide bonds. The lowest BCUT2D eigenvalue weighted by Gasteiger charge is -2.32. The minimum Gasteiger partial charge on any atom is -0.341 e. The van der Waals surface area contributed by atoms with Crippen LogP contribution < -0.4 is 4.90 Å². The molecular formula is C34H41BrF2N2. The van der Waals surface area contributed by atoms with Gasteiger partial charge in [0.2, 0.25) is 0 Å². The molecule has 0 unspecified atom stereocenters. The highest BCUT2D eigenvalue weighted by atomic mass is 79.9. The molecule has 208 valence electrons. The standard InChI is InChI=1S/C32H35BrF2N2.C2H6/c1-2-9-27(35)18-24-22-37(32-14-5-3-4-12-30(24)32)29-20-25(33)19-28(21-29)36-17-8-11-26(34)16-15-23-10-6-7-13-31(23)36;1-2/h2,8-9,11,16,18-22H,3-7,10,12-15,17H2,1H3;1-2H3/b9-2-,11-8-,26-16+,27-18+;. The van der Waals surface area contributed by atoms with Gasteiger partial charge in [-0.05, 0) is 124 Å². The summed E-state index contributed by atoms with van der Waals surface area (Å²) in [4.78, 5) is 2.36. The van der Waals surface area contributed by atoms with Crippen molar-refractivity contribution < 1.29 is 8.78 Å². The van der Waals surface area contributed by atoms with Gasteiger partial charge in [0.05, 0.1) is 0 Å². The molecule has 0 bridgehead atoms. The summed E-state index contributed by atoms with van der Waals surface area (Å²) in [5.41, 5.74) is 8.36. The molecule has 0 saturated heterocycles. The zero-order chi connectivity index (χ0) is 27.8. The maximum atomic E-state index is 14.5. The molecule has 1 aromatic carbocycles. The van der Waals surface area contributed by atoms with E-state index in [-0.39, 0.29) is 11.7 Å². The maximum Gasteiger partial charge on any atom is 0.123 e. The largest absolute Gasteiger partial charge is 0.341 e. The van der Waals surface area contributed by atoms with Crippen molar-refractivity contribution in [3.63, 3.8) is 0 Å². The number of allylic oxidation sites excluding steroid dienone is 8. The Hall–Kier alpha value is -2.66. The smallest absolute Gasteiger partial charge is 0.123 e. The molecule has 0 fully saturated rings. The van der Waals surface area contributed by atoms with Gasteiger partial charge in [-0.1, -0.05) is 48.4 Å². The van der Waals surface area contributed by atoms with E-state index in [0.717, 1.165) is 72.8 Å². The Morgan fingerprint density at radius 2 is 1.69 bits per heavy atom. The molecule has 1 aromatic heterocycles. The van der Waals surface area contributed by atoms with E-state index in [1.54, 1.807) is 24.3 Å². The molecule has 0 saturated carbocycles. The van der Waals surface area contributed by atoms with Crippen molar-refractivity contribution in [1.82, 2.24) is 4.57 Å². The highest BCUT2D eigenvalue weighted by Crippen LogP contribution is 2.37. The summed E-state index contributed by atoms with van der Waals surface area (Å²) in [5.74, 6) is -0.377. The Morgan fingerprint density at radius 3 is 2.51 bits per heavy atom. The highest BCUT2D eigenvalue weighted by Gasteiger charge is 2.22. The third-order valence-electron chi connectivity index (χ3n) is 7.66. The van der Waals surface area contributed by atoms with Gasteiger partial charge in [-0.2, -0.15) is 0 Å². The van der Waals surface area contributed by atoms with Crippen molar-refractivity contribution in [3.8, 4) is 5.69 Å². The molecule has 0 N–H and O–H groups in total. The molecular weight excluding hydrogens is 554 g/mol. The van der Waals surface area contributed by atoms with Gasteiger partial charge >= 0.3 is 0 Å². The maximum absolute atomic E-state index is 14.5. The van der Waals surface area contributed by atoms with Crippen LogP contribution in [0.1, 0.15) is 89.0 Å². The molecule has 39 heavy (non-hydrogen) atoms. The number of aromatic nitrogens is 1. The van der Waals surface area contributed by atoms with Gasteiger partial charge in [0, 0.05) is 40.0 Å². The van der Waals surface area contributed by atoms with Crippen LogP contribution in [-0.2, 0) is 12.8 Å². The second-order valence-electron chi connectivity index (χ2n) is 10.2. The molecule has 2 heterocycles. The average Bonchev–Trinajstić information content (AvgIpc) is 3.12. The molecule has 2 aliphatic carbocycles. The molecule has 2 aromatic rings. The zero-order valence-corrected chi connectivity index (χ0v) is 25.2. The Kier molecular flexibility index (Phi) is 10.6. The van der Waals surface area contributed by atoms with E-state index in [1.165, 1.54) is 35.0 Å². The number of halogens is 3. The van der Waals surface area contributed by atoms with Crippen LogP contribution in [0.5, 0.6) is 0 Å². The van der Waals surface area contributed by atoms with Crippen LogP contribution in [0.25, 0.3) is 11.8 Å². The van der Waals surface area contributed by atoms with Crippen molar-refractivity contribution >= 4 is 27.7 Å². The highest BCUT2D eigenvalue weighted by molar-refractivity contribution is 9.10. The van der Waals surface area contributed by atoms with Crippen LogP contribution in [0.15, 0.2) is 82.2 Å². The zero-order valence-electron chi connectivity index (χ0n) is 23.6. The number of anilines is 1. The SMILES string of the molecule is C/C=C\C(F)=C/c1cn(-c2cc(Br)cc(N3C/C=C\C(F)=C/CC4=C3CCCC4)c2)c2c1CCCCC2.CC. The Bertz CT molecular complexity index is 1310. The van der Waals surface area contributed by atoms with E-state index in [9.17, 15) is 8.78 Å². The number of rotatable bonds is 4. The summed E-state index contributed by atoms with van der Waals surface area (Å²) >= 11 is 3.78. The molecule has 0 atom stereocenters. The topological polar surface area (TPSA) is 8.17 Å².